The Morgan fingerprint density at radius 2 is 2.14 bits per heavy atom. The SMILES string of the molecule is C=NC(N)=Nc1ncc(Cl)c2ccc(S(=O)(=O)NC3(C(=O)OCC)CCC3)cc12. The molecule has 3 N–H and O–H groups in total. The van der Waals surface area contributed by atoms with Gasteiger partial charge in [-0.1, -0.05) is 17.7 Å². The van der Waals surface area contributed by atoms with Crippen LogP contribution in [-0.2, 0) is 19.6 Å². The molecule has 1 aliphatic rings. The first-order chi connectivity index (χ1) is 13.7. The number of benzene rings is 1. The predicted octanol–water partition coefficient (Wildman–Crippen LogP) is 2.30. The van der Waals surface area contributed by atoms with Gasteiger partial charge < -0.3 is 10.5 Å². The molecule has 1 aliphatic carbocycles. The Hall–Kier alpha value is -2.56. The molecule has 0 amide bonds. The second-order valence-corrected chi connectivity index (χ2v) is 8.62. The molecule has 0 radical (unpaired) electrons. The fraction of sp³-hybridized carbons (Fsp3) is 0.333. The molecule has 1 heterocycles. The summed E-state index contributed by atoms with van der Waals surface area (Å²) >= 11 is 6.18. The van der Waals surface area contributed by atoms with Crippen LogP contribution in [0.2, 0.25) is 5.02 Å². The number of halogens is 1. The van der Waals surface area contributed by atoms with E-state index in [0.29, 0.717) is 28.6 Å². The van der Waals surface area contributed by atoms with E-state index in [-0.39, 0.29) is 23.3 Å². The third-order valence-electron chi connectivity index (χ3n) is 4.69. The normalized spacial score (nSPS) is 16.3. The van der Waals surface area contributed by atoms with Crippen molar-refractivity contribution >= 4 is 56.9 Å². The maximum Gasteiger partial charge on any atom is 0.327 e. The lowest BCUT2D eigenvalue weighted by Crippen LogP contribution is -2.59. The topological polar surface area (TPSA) is 136 Å². The lowest BCUT2D eigenvalue weighted by molar-refractivity contribution is -0.154. The third-order valence-corrected chi connectivity index (χ3v) is 6.52. The first kappa shape index (κ1) is 21.2. The van der Waals surface area contributed by atoms with Gasteiger partial charge in [0, 0.05) is 17.0 Å². The first-order valence-corrected chi connectivity index (χ1v) is 10.7. The van der Waals surface area contributed by atoms with Gasteiger partial charge in [-0.3, -0.25) is 4.79 Å². The Morgan fingerprint density at radius 3 is 2.72 bits per heavy atom. The molecule has 1 aromatic heterocycles. The molecular weight excluding hydrogens is 418 g/mol. The molecule has 1 aromatic carbocycles. The van der Waals surface area contributed by atoms with Crippen LogP contribution in [0.1, 0.15) is 26.2 Å². The Labute approximate surface area is 173 Å². The molecule has 0 unspecified atom stereocenters. The van der Waals surface area contributed by atoms with Crippen LogP contribution in [-0.4, -0.2) is 44.2 Å². The van der Waals surface area contributed by atoms with Crippen LogP contribution in [0.3, 0.4) is 0 Å². The van der Waals surface area contributed by atoms with E-state index in [0.717, 1.165) is 6.42 Å². The highest BCUT2D eigenvalue weighted by molar-refractivity contribution is 7.89. The fourth-order valence-electron chi connectivity index (χ4n) is 3.04. The number of fused-ring (bicyclic) bond motifs is 1. The van der Waals surface area contributed by atoms with Crippen LogP contribution in [0.5, 0.6) is 0 Å². The van der Waals surface area contributed by atoms with Gasteiger partial charge >= 0.3 is 5.97 Å². The number of guanidine groups is 1. The molecule has 3 rings (SSSR count). The van der Waals surface area contributed by atoms with Crippen molar-refractivity contribution < 1.29 is 17.9 Å². The summed E-state index contributed by atoms with van der Waals surface area (Å²) < 4.78 is 33.6. The Balaban J connectivity index is 2.06. The summed E-state index contributed by atoms with van der Waals surface area (Å²) in [4.78, 5) is 23.9. The number of nitrogens with zero attached hydrogens (tertiary/aromatic N) is 3. The molecular formula is C18H20ClN5O4S. The summed E-state index contributed by atoms with van der Waals surface area (Å²) in [5.74, 6) is -0.547. The number of hydrogen-bond donors (Lipinski definition) is 2. The smallest absolute Gasteiger partial charge is 0.327 e. The van der Waals surface area contributed by atoms with Crippen LogP contribution in [0, 0.1) is 0 Å². The number of carbonyl (C=O) groups is 1. The van der Waals surface area contributed by atoms with E-state index in [4.69, 9.17) is 22.1 Å². The molecule has 11 heteroatoms. The summed E-state index contributed by atoms with van der Waals surface area (Å²) in [5.41, 5.74) is 4.35. The molecule has 0 saturated heterocycles. The summed E-state index contributed by atoms with van der Waals surface area (Å²) in [6.07, 6.45) is 2.87. The molecule has 0 bridgehead atoms. The largest absolute Gasteiger partial charge is 0.465 e. The number of aromatic nitrogens is 1. The Kier molecular flexibility index (Phi) is 5.87. The summed E-state index contributed by atoms with van der Waals surface area (Å²) in [6, 6.07) is 4.32. The van der Waals surface area contributed by atoms with Gasteiger partial charge in [-0.2, -0.15) is 9.71 Å². The van der Waals surface area contributed by atoms with E-state index in [2.05, 4.69) is 26.4 Å². The number of sulfonamides is 1. The fourth-order valence-corrected chi connectivity index (χ4v) is 4.69. The summed E-state index contributed by atoms with van der Waals surface area (Å²) in [5, 5.41) is 1.23. The number of ether oxygens (including phenoxy) is 1. The van der Waals surface area contributed by atoms with Gasteiger partial charge in [0.1, 0.15) is 5.54 Å². The molecule has 29 heavy (non-hydrogen) atoms. The van der Waals surface area contributed by atoms with Crippen molar-refractivity contribution in [1.29, 1.82) is 0 Å². The Bertz CT molecular complexity index is 1110. The number of nitrogens with one attached hydrogen (secondary N) is 1. The number of rotatable bonds is 6. The maximum absolute atomic E-state index is 13.0. The van der Waals surface area contributed by atoms with E-state index >= 15 is 0 Å². The number of pyridine rings is 1. The maximum atomic E-state index is 13.0. The van der Waals surface area contributed by atoms with Gasteiger partial charge in [0.2, 0.25) is 16.0 Å². The van der Waals surface area contributed by atoms with E-state index < -0.39 is 21.5 Å². The van der Waals surface area contributed by atoms with Crippen molar-refractivity contribution in [2.45, 2.75) is 36.6 Å². The van der Waals surface area contributed by atoms with Crippen molar-refractivity contribution in [3.05, 3.63) is 29.4 Å². The zero-order valence-electron chi connectivity index (χ0n) is 15.7. The monoisotopic (exact) mass is 437 g/mol. The zero-order valence-corrected chi connectivity index (χ0v) is 17.3. The van der Waals surface area contributed by atoms with Crippen molar-refractivity contribution in [1.82, 2.24) is 9.71 Å². The highest BCUT2D eigenvalue weighted by atomic mass is 35.5. The van der Waals surface area contributed by atoms with Crippen LogP contribution < -0.4 is 10.5 Å². The number of hydrogen-bond acceptors (Lipinski definition) is 6. The molecule has 0 atom stereocenters. The summed E-state index contributed by atoms with van der Waals surface area (Å²) in [6.45, 7) is 5.13. The average Bonchev–Trinajstić information content (AvgIpc) is 2.66. The van der Waals surface area contributed by atoms with Gasteiger partial charge in [0.25, 0.3) is 0 Å². The van der Waals surface area contributed by atoms with E-state index in [9.17, 15) is 13.2 Å². The van der Waals surface area contributed by atoms with E-state index in [1.807, 2.05) is 0 Å². The molecule has 1 fully saturated rings. The van der Waals surface area contributed by atoms with Gasteiger partial charge in [-0.05, 0) is 45.0 Å². The second-order valence-electron chi connectivity index (χ2n) is 6.53. The molecule has 2 aromatic rings. The van der Waals surface area contributed by atoms with Crippen LogP contribution >= 0.6 is 11.6 Å². The van der Waals surface area contributed by atoms with Gasteiger partial charge in [-0.25, -0.2) is 18.4 Å². The quantitative estimate of drug-likeness (QED) is 0.404. The van der Waals surface area contributed by atoms with Crippen molar-refractivity contribution in [3.63, 3.8) is 0 Å². The molecule has 0 spiro atoms. The first-order valence-electron chi connectivity index (χ1n) is 8.83. The van der Waals surface area contributed by atoms with E-state index in [1.54, 1.807) is 13.0 Å². The highest BCUT2D eigenvalue weighted by Crippen LogP contribution is 2.36. The molecule has 1 saturated carbocycles. The van der Waals surface area contributed by atoms with Crippen LogP contribution in [0.25, 0.3) is 10.8 Å². The molecule has 9 nitrogen and oxygen atoms in total. The summed E-state index contributed by atoms with van der Waals surface area (Å²) in [7, 11) is -4.03. The zero-order chi connectivity index (χ0) is 21.2. The minimum Gasteiger partial charge on any atom is -0.465 e. The Morgan fingerprint density at radius 1 is 1.41 bits per heavy atom. The number of nitrogens with two attached hydrogens (primary N) is 1. The average molecular weight is 438 g/mol. The minimum absolute atomic E-state index is 0.0637. The minimum atomic E-state index is -4.03. The number of aliphatic imine (C=N–C) groups is 2. The van der Waals surface area contributed by atoms with E-state index in [1.165, 1.54) is 18.3 Å². The highest BCUT2D eigenvalue weighted by Gasteiger charge is 2.48. The second kappa shape index (κ2) is 8.05. The third kappa shape index (κ3) is 4.09. The lowest BCUT2D eigenvalue weighted by Gasteiger charge is -2.39. The van der Waals surface area contributed by atoms with Crippen LogP contribution in [0.4, 0.5) is 5.82 Å². The van der Waals surface area contributed by atoms with Gasteiger partial charge in [0.15, 0.2) is 5.82 Å². The standard InChI is InChI=1S/C18H20ClN5O4S/c1-3-28-16(25)18(7-4-8-18)24-29(26,27)11-5-6-12-13(9-11)15(22-10-14(12)19)23-17(20)21-2/h5-6,9-10,24H,2-4,7-8H2,1H3,(H2,20,22,23). The number of carbonyl (C=O) groups excluding carboxylic acids is 1. The van der Waals surface area contributed by atoms with Crippen LogP contribution in [0.15, 0.2) is 39.3 Å². The molecule has 0 aliphatic heterocycles. The predicted molar refractivity (Wildman–Crippen MR) is 111 cm³/mol. The van der Waals surface area contributed by atoms with Gasteiger partial charge in [0.05, 0.1) is 16.5 Å². The van der Waals surface area contributed by atoms with Gasteiger partial charge in [-0.15, -0.1) is 0 Å². The molecule has 154 valence electrons. The lowest BCUT2D eigenvalue weighted by atomic mass is 9.78. The van der Waals surface area contributed by atoms with Crippen molar-refractivity contribution in [2.24, 2.45) is 15.7 Å². The van der Waals surface area contributed by atoms with Crippen molar-refractivity contribution in [2.75, 3.05) is 6.61 Å². The van der Waals surface area contributed by atoms with Crippen molar-refractivity contribution in [3.8, 4) is 0 Å². The number of esters is 1.